The van der Waals surface area contributed by atoms with Crippen LogP contribution < -0.4 is 5.32 Å². The molecule has 7 heteroatoms. The molecule has 1 aromatic carbocycles. The van der Waals surface area contributed by atoms with Crippen molar-refractivity contribution in [1.29, 1.82) is 0 Å². The van der Waals surface area contributed by atoms with Crippen molar-refractivity contribution in [2.24, 2.45) is 11.8 Å². The first kappa shape index (κ1) is 17.0. The molecular weight excluding hydrogens is 287 g/mol. The molecule has 0 saturated carbocycles. The predicted molar refractivity (Wildman–Crippen MR) is 71.0 cm³/mol. The molecule has 1 unspecified atom stereocenters. The quantitative estimate of drug-likeness (QED) is 0.892. The Kier molecular flexibility index (Phi) is 4.98. The van der Waals surface area contributed by atoms with E-state index in [1.165, 1.54) is 0 Å². The molecule has 0 bridgehead atoms. The normalized spacial score (nSPS) is 13.1. The summed E-state index contributed by atoms with van der Waals surface area (Å²) >= 11 is 0. The highest BCUT2D eigenvalue weighted by Gasteiger charge is 2.32. The molecule has 1 aromatic rings. The number of carbonyl (C=O) groups excluding carboxylic acids is 1. The highest BCUT2D eigenvalue weighted by molar-refractivity contribution is 6.01. The Morgan fingerprint density at radius 2 is 1.76 bits per heavy atom. The lowest BCUT2D eigenvalue weighted by Crippen LogP contribution is -2.25. The van der Waals surface area contributed by atoms with E-state index in [0.29, 0.717) is 6.07 Å². The number of halogens is 3. The third-order valence-electron chi connectivity index (χ3n) is 3.25. The SMILES string of the molecule is CC(C)C(C)C(=O)Nc1ccc(C(F)(F)F)cc1C(=O)O. The maximum Gasteiger partial charge on any atom is 0.416 e. The fourth-order valence-electron chi connectivity index (χ4n) is 1.56. The number of anilines is 1. The van der Waals surface area contributed by atoms with Crippen LogP contribution in [0.5, 0.6) is 0 Å². The van der Waals surface area contributed by atoms with Crippen LogP contribution in [0.15, 0.2) is 18.2 Å². The molecule has 21 heavy (non-hydrogen) atoms. The lowest BCUT2D eigenvalue weighted by atomic mass is 9.97. The van der Waals surface area contributed by atoms with Gasteiger partial charge >= 0.3 is 12.1 Å². The van der Waals surface area contributed by atoms with Gasteiger partial charge in [0.15, 0.2) is 0 Å². The van der Waals surface area contributed by atoms with Crippen molar-refractivity contribution in [3.8, 4) is 0 Å². The summed E-state index contributed by atoms with van der Waals surface area (Å²) in [6.07, 6.45) is -4.64. The van der Waals surface area contributed by atoms with Gasteiger partial charge in [-0.15, -0.1) is 0 Å². The van der Waals surface area contributed by atoms with Crippen molar-refractivity contribution in [2.75, 3.05) is 5.32 Å². The monoisotopic (exact) mass is 303 g/mol. The van der Waals surface area contributed by atoms with Gasteiger partial charge in [0.25, 0.3) is 0 Å². The lowest BCUT2D eigenvalue weighted by molar-refractivity contribution is -0.137. The number of hydrogen-bond acceptors (Lipinski definition) is 2. The van der Waals surface area contributed by atoms with Gasteiger partial charge in [-0.25, -0.2) is 4.79 Å². The van der Waals surface area contributed by atoms with Gasteiger partial charge < -0.3 is 10.4 Å². The fourth-order valence-corrected chi connectivity index (χ4v) is 1.56. The second-order valence-electron chi connectivity index (χ2n) is 5.09. The molecule has 1 amide bonds. The first-order valence-corrected chi connectivity index (χ1v) is 6.29. The second kappa shape index (κ2) is 6.15. The molecule has 0 fully saturated rings. The van der Waals surface area contributed by atoms with E-state index in [1.54, 1.807) is 6.92 Å². The van der Waals surface area contributed by atoms with Crippen molar-refractivity contribution < 1.29 is 27.9 Å². The number of nitrogens with one attached hydrogen (secondary N) is 1. The molecule has 0 aliphatic rings. The van der Waals surface area contributed by atoms with Crippen LogP contribution in [0.3, 0.4) is 0 Å². The molecule has 0 aliphatic heterocycles. The Morgan fingerprint density at radius 1 is 1.19 bits per heavy atom. The van der Waals surface area contributed by atoms with Crippen LogP contribution in [-0.2, 0) is 11.0 Å². The van der Waals surface area contributed by atoms with E-state index in [9.17, 15) is 22.8 Å². The number of carbonyl (C=O) groups is 2. The number of alkyl halides is 3. The van der Waals surface area contributed by atoms with E-state index in [0.717, 1.165) is 12.1 Å². The Morgan fingerprint density at radius 3 is 2.19 bits per heavy atom. The van der Waals surface area contributed by atoms with Crippen LogP contribution >= 0.6 is 0 Å². The average Bonchev–Trinajstić information content (AvgIpc) is 2.36. The van der Waals surface area contributed by atoms with E-state index in [2.05, 4.69) is 5.32 Å². The highest BCUT2D eigenvalue weighted by Crippen LogP contribution is 2.32. The van der Waals surface area contributed by atoms with Crippen LogP contribution in [0, 0.1) is 11.8 Å². The Bertz CT molecular complexity index is 553. The molecule has 0 aromatic heterocycles. The summed E-state index contributed by atoms with van der Waals surface area (Å²) in [5, 5.41) is 11.4. The first-order valence-electron chi connectivity index (χ1n) is 6.29. The summed E-state index contributed by atoms with van der Waals surface area (Å²) in [7, 11) is 0. The van der Waals surface area contributed by atoms with Crippen molar-refractivity contribution in [1.82, 2.24) is 0 Å². The number of carboxylic acids is 1. The van der Waals surface area contributed by atoms with Crippen LogP contribution in [0.4, 0.5) is 18.9 Å². The fraction of sp³-hybridized carbons (Fsp3) is 0.429. The maximum absolute atomic E-state index is 12.6. The Hall–Kier alpha value is -2.05. The van der Waals surface area contributed by atoms with E-state index in [-0.39, 0.29) is 11.6 Å². The van der Waals surface area contributed by atoms with Crippen molar-refractivity contribution in [3.05, 3.63) is 29.3 Å². The molecule has 0 spiro atoms. The summed E-state index contributed by atoms with van der Waals surface area (Å²) < 4.78 is 37.7. The van der Waals surface area contributed by atoms with Crippen LogP contribution in [0.1, 0.15) is 36.7 Å². The van der Waals surface area contributed by atoms with E-state index >= 15 is 0 Å². The van der Waals surface area contributed by atoms with Crippen molar-refractivity contribution in [2.45, 2.75) is 26.9 Å². The molecule has 0 heterocycles. The minimum Gasteiger partial charge on any atom is -0.478 e. The number of hydrogen-bond donors (Lipinski definition) is 2. The molecule has 2 N–H and O–H groups in total. The number of carboxylic acid groups (broad SMARTS) is 1. The summed E-state index contributed by atoms with van der Waals surface area (Å²) in [4.78, 5) is 23.0. The smallest absolute Gasteiger partial charge is 0.416 e. The summed E-state index contributed by atoms with van der Waals surface area (Å²) in [5.74, 6) is -2.34. The number of aromatic carboxylic acids is 1. The molecule has 0 aliphatic carbocycles. The first-order chi connectivity index (χ1) is 9.54. The molecule has 0 radical (unpaired) electrons. The lowest BCUT2D eigenvalue weighted by Gasteiger charge is -2.17. The molecule has 0 saturated heterocycles. The van der Waals surface area contributed by atoms with Gasteiger partial charge in [0.2, 0.25) is 5.91 Å². The van der Waals surface area contributed by atoms with E-state index in [1.807, 2.05) is 13.8 Å². The third kappa shape index (κ3) is 4.21. The number of rotatable bonds is 4. The summed E-state index contributed by atoms with van der Waals surface area (Å²) in [6, 6.07) is 2.21. The third-order valence-corrected chi connectivity index (χ3v) is 3.25. The molecule has 116 valence electrons. The largest absolute Gasteiger partial charge is 0.478 e. The standard InChI is InChI=1S/C14H16F3NO3/c1-7(2)8(3)12(19)18-11-5-4-9(14(15,16)17)6-10(11)13(20)21/h4-8H,1-3H3,(H,18,19)(H,20,21). The van der Waals surface area contributed by atoms with Crippen molar-refractivity contribution in [3.63, 3.8) is 0 Å². The minimum absolute atomic E-state index is 0.0210. The highest BCUT2D eigenvalue weighted by atomic mass is 19.4. The van der Waals surface area contributed by atoms with Gasteiger partial charge in [-0.3, -0.25) is 4.79 Å². The Balaban J connectivity index is 3.14. The zero-order valence-electron chi connectivity index (χ0n) is 11.8. The van der Waals surface area contributed by atoms with Crippen molar-refractivity contribution >= 4 is 17.6 Å². The van der Waals surface area contributed by atoms with Gasteiger partial charge in [-0.05, 0) is 24.1 Å². The summed E-state index contributed by atoms with van der Waals surface area (Å²) in [6.45, 7) is 5.29. The second-order valence-corrected chi connectivity index (χ2v) is 5.09. The van der Waals surface area contributed by atoms with Gasteiger partial charge in [0.1, 0.15) is 0 Å². The number of amides is 1. The topological polar surface area (TPSA) is 66.4 Å². The average molecular weight is 303 g/mol. The van der Waals surface area contributed by atoms with Gasteiger partial charge in [0, 0.05) is 5.92 Å². The molecule has 1 atom stereocenters. The number of benzene rings is 1. The molecular formula is C14H16F3NO3. The molecule has 4 nitrogen and oxygen atoms in total. The van der Waals surface area contributed by atoms with Gasteiger partial charge in [-0.1, -0.05) is 20.8 Å². The van der Waals surface area contributed by atoms with Crippen LogP contribution in [0.2, 0.25) is 0 Å². The van der Waals surface area contributed by atoms with Gasteiger partial charge in [0.05, 0.1) is 16.8 Å². The summed E-state index contributed by atoms with van der Waals surface area (Å²) in [5.41, 5.74) is -1.81. The van der Waals surface area contributed by atoms with Gasteiger partial charge in [-0.2, -0.15) is 13.2 Å². The predicted octanol–water partition coefficient (Wildman–Crippen LogP) is 3.63. The maximum atomic E-state index is 12.6. The zero-order valence-corrected chi connectivity index (χ0v) is 11.8. The van der Waals surface area contributed by atoms with Crippen LogP contribution in [-0.4, -0.2) is 17.0 Å². The van der Waals surface area contributed by atoms with E-state index < -0.39 is 35.1 Å². The Labute approximate surface area is 120 Å². The zero-order chi connectivity index (χ0) is 16.4. The minimum atomic E-state index is -4.64. The van der Waals surface area contributed by atoms with E-state index in [4.69, 9.17) is 5.11 Å². The van der Waals surface area contributed by atoms with Crippen LogP contribution in [0.25, 0.3) is 0 Å². The molecule has 1 rings (SSSR count).